The van der Waals surface area contributed by atoms with Gasteiger partial charge in [0.15, 0.2) is 16.6 Å². The van der Waals surface area contributed by atoms with Gasteiger partial charge >= 0.3 is 0 Å². The van der Waals surface area contributed by atoms with Gasteiger partial charge in [-0.05, 0) is 56.5 Å². The topological polar surface area (TPSA) is 64.1 Å². The molecule has 0 radical (unpaired) electrons. The van der Waals surface area contributed by atoms with Crippen LogP contribution in [0.15, 0.2) is 41.3 Å². The van der Waals surface area contributed by atoms with E-state index >= 15 is 0 Å². The molecule has 0 N–H and O–H groups in total. The highest BCUT2D eigenvalue weighted by molar-refractivity contribution is 7.98. The second-order valence-electron chi connectivity index (χ2n) is 7.77. The standard InChI is InChI=1S/C25H31N3O4S2.ClH/c1-4-31-21-9-6-18(16-22(21)32-5-2)24(29)28(11-10-27-12-14-30-15-13-27)25-26-20-8-7-19(33-3)17-23(20)34-25;/h6-9,16-17H,4-5,10-15H2,1-3H3;1H. The normalized spacial score (nSPS) is 13.9. The first kappa shape index (κ1) is 27.5. The summed E-state index contributed by atoms with van der Waals surface area (Å²) in [6.07, 6.45) is 2.06. The van der Waals surface area contributed by atoms with Gasteiger partial charge in [0.2, 0.25) is 0 Å². The molecule has 10 heteroatoms. The Labute approximate surface area is 221 Å². The van der Waals surface area contributed by atoms with E-state index in [9.17, 15) is 4.79 Å². The van der Waals surface area contributed by atoms with Crippen LogP contribution in [-0.4, -0.2) is 74.7 Å². The number of morpholine rings is 1. The number of amides is 1. The minimum absolute atomic E-state index is 0. The third kappa shape index (κ3) is 6.80. The number of ether oxygens (including phenoxy) is 3. The number of hydrogen-bond acceptors (Lipinski definition) is 8. The summed E-state index contributed by atoms with van der Waals surface area (Å²) in [7, 11) is 0. The summed E-state index contributed by atoms with van der Waals surface area (Å²) < 4.78 is 18.0. The third-order valence-electron chi connectivity index (χ3n) is 5.59. The van der Waals surface area contributed by atoms with Crippen molar-refractivity contribution in [2.24, 2.45) is 0 Å². The van der Waals surface area contributed by atoms with Crippen LogP contribution in [0, 0.1) is 0 Å². The Balaban J connectivity index is 0.00000342. The molecular formula is C25H32ClN3O4S2. The number of fused-ring (bicyclic) bond motifs is 1. The van der Waals surface area contributed by atoms with E-state index in [4.69, 9.17) is 19.2 Å². The second kappa shape index (κ2) is 13.3. The third-order valence-corrected chi connectivity index (χ3v) is 7.36. The molecule has 4 rings (SSSR count). The largest absolute Gasteiger partial charge is 0.490 e. The number of thiazole rings is 1. The maximum atomic E-state index is 13.8. The van der Waals surface area contributed by atoms with E-state index < -0.39 is 0 Å². The molecule has 0 bridgehead atoms. The molecule has 190 valence electrons. The van der Waals surface area contributed by atoms with Gasteiger partial charge in [0, 0.05) is 36.6 Å². The molecule has 1 amide bonds. The lowest BCUT2D eigenvalue weighted by Gasteiger charge is -2.29. The van der Waals surface area contributed by atoms with Crippen LogP contribution in [-0.2, 0) is 4.74 Å². The molecule has 0 aliphatic carbocycles. The summed E-state index contributed by atoms with van der Waals surface area (Å²) in [5.74, 6) is 1.13. The van der Waals surface area contributed by atoms with E-state index in [1.807, 2.05) is 26.0 Å². The maximum absolute atomic E-state index is 13.8. The minimum atomic E-state index is -0.0959. The van der Waals surface area contributed by atoms with E-state index in [-0.39, 0.29) is 18.3 Å². The number of anilines is 1. The van der Waals surface area contributed by atoms with Crippen LogP contribution in [0.4, 0.5) is 5.13 Å². The summed E-state index contributed by atoms with van der Waals surface area (Å²) in [6, 6.07) is 11.6. The first-order chi connectivity index (χ1) is 16.6. The summed E-state index contributed by atoms with van der Waals surface area (Å²) in [5, 5.41) is 0.707. The van der Waals surface area contributed by atoms with Crippen LogP contribution < -0.4 is 14.4 Å². The Morgan fingerprint density at radius 3 is 2.57 bits per heavy atom. The molecule has 1 aliphatic heterocycles. The van der Waals surface area contributed by atoms with E-state index in [0.29, 0.717) is 42.0 Å². The van der Waals surface area contributed by atoms with Gasteiger partial charge in [-0.2, -0.15) is 0 Å². The van der Waals surface area contributed by atoms with Crippen molar-refractivity contribution in [2.75, 3.05) is 63.8 Å². The van der Waals surface area contributed by atoms with E-state index in [1.54, 1.807) is 40.1 Å². The van der Waals surface area contributed by atoms with Gasteiger partial charge in [-0.15, -0.1) is 24.2 Å². The van der Waals surface area contributed by atoms with Crippen molar-refractivity contribution < 1.29 is 19.0 Å². The summed E-state index contributed by atoms with van der Waals surface area (Å²) in [5.41, 5.74) is 1.46. The van der Waals surface area contributed by atoms with Crippen LogP contribution in [0.1, 0.15) is 24.2 Å². The van der Waals surface area contributed by atoms with Crippen LogP contribution in [0.2, 0.25) is 0 Å². The summed E-state index contributed by atoms with van der Waals surface area (Å²) in [4.78, 5) is 23.9. The Morgan fingerprint density at radius 2 is 1.86 bits per heavy atom. The van der Waals surface area contributed by atoms with E-state index in [1.165, 1.54) is 4.90 Å². The number of halogens is 1. The van der Waals surface area contributed by atoms with Gasteiger partial charge in [0.25, 0.3) is 5.91 Å². The zero-order valence-electron chi connectivity index (χ0n) is 20.3. The quantitative estimate of drug-likeness (QED) is 0.329. The molecular weight excluding hydrogens is 506 g/mol. The molecule has 0 saturated carbocycles. The van der Waals surface area contributed by atoms with Crippen molar-refractivity contribution in [3.63, 3.8) is 0 Å². The number of thioether (sulfide) groups is 1. The molecule has 2 aromatic carbocycles. The highest BCUT2D eigenvalue weighted by Gasteiger charge is 2.24. The lowest BCUT2D eigenvalue weighted by molar-refractivity contribution is 0.0391. The zero-order valence-corrected chi connectivity index (χ0v) is 22.8. The lowest BCUT2D eigenvalue weighted by Crippen LogP contribution is -2.43. The summed E-state index contributed by atoms with van der Waals surface area (Å²) >= 11 is 3.25. The fraction of sp³-hybridized carbons (Fsp3) is 0.440. The number of carbonyl (C=O) groups excluding carboxylic acids is 1. The van der Waals surface area contributed by atoms with Crippen LogP contribution in [0.25, 0.3) is 10.2 Å². The summed E-state index contributed by atoms with van der Waals surface area (Å²) in [6.45, 7) is 9.37. The Hall–Kier alpha value is -2.04. The number of hydrogen-bond donors (Lipinski definition) is 0. The van der Waals surface area contributed by atoms with Gasteiger partial charge < -0.3 is 14.2 Å². The molecule has 0 unspecified atom stereocenters. The smallest absolute Gasteiger partial charge is 0.260 e. The lowest BCUT2D eigenvalue weighted by atomic mass is 10.1. The van der Waals surface area contributed by atoms with Gasteiger partial charge in [0.1, 0.15) is 0 Å². The van der Waals surface area contributed by atoms with Crippen molar-refractivity contribution in [1.29, 1.82) is 0 Å². The minimum Gasteiger partial charge on any atom is -0.490 e. The van der Waals surface area contributed by atoms with Crippen molar-refractivity contribution >= 4 is 56.8 Å². The highest BCUT2D eigenvalue weighted by atomic mass is 35.5. The SMILES string of the molecule is CCOc1ccc(C(=O)N(CCN2CCOCC2)c2nc3ccc(SC)cc3s2)cc1OCC.Cl. The molecule has 35 heavy (non-hydrogen) atoms. The number of rotatable bonds is 10. The first-order valence-corrected chi connectivity index (χ1v) is 13.6. The van der Waals surface area contributed by atoms with Crippen molar-refractivity contribution in [3.8, 4) is 11.5 Å². The average Bonchev–Trinajstić information content (AvgIpc) is 3.29. The van der Waals surface area contributed by atoms with E-state index in [0.717, 1.165) is 43.1 Å². The molecule has 1 fully saturated rings. The van der Waals surface area contributed by atoms with Gasteiger partial charge in [-0.1, -0.05) is 11.3 Å². The monoisotopic (exact) mass is 537 g/mol. The average molecular weight is 538 g/mol. The van der Waals surface area contributed by atoms with Gasteiger partial charge in [0.05, 0.1) is 36.6 Å². The molecule has 1 saturated heterocycles. The molecule has 1 aromatic heterocycles. The second-order valence-corrected chi connectivity index (χ2v) is 9.66. The number of aromatic nitrogens is 1. The Kier molecular flexibility index (Phi) is 10.5. The Bertz CT molecular complexity index is 1120. The first-order valence-electron chi connectivity index (χ1n) is 11.6. The molecule has 0 atom stereocenters. The predicted molar refractivity (Wildman–Crippen MR) is 146 cm³/mol. The number of benzene rings is 2. The van der Waals surface area contributed by atoms with E-state index in [2.05, 4.69) is 23.3 Å². The molecule has 2 heterocycles. The zero-order chi connectivity index (χ0) is 23.9. The fourth-order valence-corrected chi connectivity index (χ4v) is 5.37. The van der Waals surface area contributed by atoms with Gasteiger partial charge in [-0.25, -0.2) is 4.98 Å². The van der Waals surface area contributed by atoms with Crippen LogP contribution in [0.3, 0.4) is 0 Å². The number of carbonyl (C=O) groups is 1. The molecule has 7 nitrogen and oxygen atoms in total. The van der Waals surface area contributed by atoms with Gasteiger partial charge in [-0.3, -0.25) is 14.6 Å². The highest BCUT2D eigenvalue weighted by Crippen LogP contribution is 2.34. The fourth-order valence-electron chi connectivity index (χ4n) is 3.83. The predicted octanol–water partition coefficient (Wildman–Crippen LogP) is 5.22. The van der Waals surface area contributed by atoms with Crippen LogP contribution in [0.5, 0.6) is 11.5 Å². The van der Waals surface area contributed by atoms with Crippen LogP contribution >= 0.6 is 35.5 Å². The Morgan fingerprint density at radius 1 is 1.11 bits per heavy atom. The maximum Gasteiger partial charge on any atom is 0.260 e. The molecule has 1 aliphatic rings. The van der Waals surface area contributed by atoms with Crippen molar-refractivity contribution in [3.05, 3.63) is 42.0 Å². The van der Waals surface area contributed by atoms with Crippen molar-refractivity contribution in [2.45, 2.75) is 18.7 Å². The molecule has 0 spiro atoms. The van der Waals surface area contributed by atoms with Crippen molar-refractivity contribution in [1.82, 2.24) is 9.88 Å². The molecule has 3 aromatic rings. The number of nitrogens with zero attached hydrogens (tertiary/aromatic N) is 3.